The second-order valence-electron chi connectivity index (χ2n) is 5.40. The van der Waals surface area contributed by atoms with Gasteiger partial charge < -0.3 is 16.3 Å². The first kappa shape index (κ1) is 16.4. The molecule has 0 saturated carbocycles. The van der Waals surface area contributed by atoms with Gasteiger partial charge in [0.2, 0.25) is 0 Å². The van der Waals surface area contributed by atoms with E-state index < -0.39 is 17.0 Å². The van der Waals surface area contributed by atoms with Crippen molar-refractivity contribution in [1.29, 1.82) is 0 Å². The van der Waals surface area contributed by atoms with Gasteiger partial charge in [-0.15, -0.1) is 0 Å². The summed E-state index contributed by atoms with van der Waals surface area (Å²) in [6, 6.07) is 3.51. The number of hydrogen-bond acceptors (Lipinski definition) is 3. The van der Waals surface area contributed by atoms with Gasteiger partial charge in [-0.25, -0.2) is 8.78 Å². The van der Waals surface area contributed by atoms with Crippen LogP contribution in [0.2, 0.25) is 0 Å². The quantitative estimate of drug-likeness (QED) is 0.237. The summed E-state index contributed by atoms with van der Waals surface area (Å²) < 4.78 is 26.0. The Morgan fingerprint density at radius 1 is 1.25 bits per heavy atom. The molecular formula is C14H21F2N3O. The molecule has 0 bridgehead atoms. The molecule has 1 aromatic rings. The predicted octanol–water partition coefficient (Wildman–Crippen LogP) is 2.26. The fourth-order valence-corrected chi connectivity index (χ4v) is 1.78. The van der Waals surface area contributed by atoms with E-state index in [0.29, 0.717) is 31.5 Å². The summed E-state index contributed by atoms with van der Waals surface area (Å²) in [6.07, 6.45) is 1.24. The van der Waals surface area contributed by atoms with Crippen LogP contribution in [-0.2, 0) is 6.42 Å². The van der Waals surface area contributed by atoms with Crippen molar-refractivity contribution in [1.82, 2.24) is 5.32 Å². The second-order valence-corrected chi connectivity index (χ2v) is 5.40. The Labute approximate surface area is 117 Å². The summed E-state index contributed by atoms with van der Waals surface area (Å²) in [6.45, 7) is 5.04. The van der Waals surface area contributed by atoms with Crippen molar-refractivity contribution in [3.63, 3.8) is 0 Å². The van der Waals surface area contributed by atoms with E-state index in [9.17, 15) is 8.78 Å². The molecule has 0 radical (unpaired) electrons. The van der Waals surface area contributed by atoms with Gasteiger partial charge in [0.05, 0.1) is 0 Å². The zero-order valence-corrected chi connectivity index (χ0v) is 11.8. The van der Waals surface area contributed by atoms with Crippen molar-refractivity contribution in [3.8, 4) is 0 Å². The predicted molar refractivity (Wildman–Crippen MR) is 74.7 cm³/mol. The third kappa shape index (κ3) is 5.13. The highest BCUT2D eigenvalue weighted by atomic mass is 19.1. The van der Waals surface area contributed by atoms with Crippen LogP contribution in [-0.4, -0.2) is 24.1 Å². The SMILES string of the molecule is CC(C)(CCNCCc1cc(F)cc(F)c1)C(N)=NO. The minimum absolute atomic E-state index is 0.187. The van der Waals surface area contributed by atoms with Gasteiger partial charge in [0.25, 0.3) is 0 Å². The molecule has 1 aromatic carbocycles. The van der Waals surface area contributed by atoms with E-state index >= 15 is 0 Å². The smallest absolute Gasteiger partial charge is 0.144 e. The number of oxime groups is 1. The minimum Gasteiger partial charge on any atom is -0.409 e. The standard InChI is InChI=1S/C14H21F2N3O/c1-14(2,13(17)19-20)4-6-18-5-3-10-7-11(15)9-12(16)8-10/h7-9,18,20H,3-6H2,1-2H3,(H2,17,19). The second kappa shape index (κ2) is 7.19. The van der Waals surface area contributed by atoms with E-state index in [-0.39, 0.29) is 5.84 Å². The molecule has 0 atom stereocenters. The zero-order valence-electron chi connectivity index (χ0n) is 11.8. The van der Waals surface area contributed by atoms with Crippen molar-refractivity contribution < 1.29 is 14.0 Å². The van der Waals surface area contributed by atoms with Crippen molar-refractivity contribution >= 4 is 5.84 Å². The highest BCUT2D eigenvalue weighted by molar-refractivity contribution is 5.85. The van der Waals surface area contributed by atoms with Crippen LogP contribution in [0.15, 0.2) is 23.4 Å². The number of nitrogens with one attached hydrogen (secondary N) is 1. The molecule has 20 heavy (non-hydrogen) atoms. The first-order valence-electron chi connectivity index (χ1n) is 6.49. The van der Waals surface area contributed by atoms with Crippen molar-refractivity contribution in [2.24, 2.45) is 16.3 Å². The third-order valence-corrected chi connectivity index (χ3v) is 3.24. The lowest BCUT2D eigenvalue weighted by Crippen LogP contribution is -2.35. The van der Waals surface area contributed by atoms with Crippen LogP contribution in [0.25, 0.3) is 0 Å². The van der Waals surface area contributed by atoms with Gasteiger partial charge in [-0.05, 0) is 43.6 Å². The maximum Gasteiger partial charge on any atom is 0.144 e. The van der Waals surface area contributed by atoms with E-state index in [1.807, 2.05) is 13.8 Å². The number of nitrogens with two attached hydrogens (primary N) is 1. The molecule has 4 nitrogen and oxygen atoms in total. The normalized spacial score (nSPS) is 12.7. The monoisotopic (exact) mass is 285 g/mol. The van der Waals surface area contributed by atoms with E-state index in [1.54, 1.807) is 0 Å². The molecule has 6 heteroatoms. The fraction of sp³-hybridized carbons (Fsp3) is 0.500. The first-order valence-corrected chi connectivity index (χ1v) is 6.49. The Bertz CT molecular complexity index is 455. The van der Waals surface area contributed by atoms with Gasteiger partial charge in [-0.3, -0.25) is 0 Å². The summed E-state index contributed by atoms with van der Waals surface area (Å²) in [7, 11) is 0. The molecule has 112 valence electrons. The maximum atomic E-state index is 13.0. The van der Waals surface area contributed by atoms with Gasteiger partial charge in [-0.2, -0.15) is 0 Å². The molecule has 4 N–H and O–H groups in total. The van der Waals surface area contributed by atoms with Crippen molar-refractivity contribution in [2.45, 2.75) is 26.7 Å². The average molecular weight is 285 g/mol. The number of amidine groups is 1. The molecule has 0 aliphatic rings. The van der Waals surface area contributed by atoms with Gasteiger partial charge in [0, 0.05) is 11.5 Å². The van der Waals surface area contributed by atoms with E-state index in [2.05, 4.69) is 10.5 Å². The van der Waals surface area contributed by atoms with Gasteiger partial charge in [-0.1, -0.05) is 19.0 Å². The number of nitrogens with zero attached hydrogens (tertiary/aromatic N) is 1. The van der Waals surface area contributed by atoms with E-state index in [0.717, 1.165) is 6.07 Å². The van der Waals surface area contributed by atoms with Crippen LogP contribution in [0.3, 0.4) is 0 Å². The summed E-state index contributed by atoms with van der Waals surface area (Å²) >= 11 is 0. The number of rotatable bonds is 7. The molecule has 0 heterocycles. The fourth-order valence-electron chi connectivity index (χ4n) is 1.78. The summed E-state index contributed by atoms with van der Waals surface area (Å²) in [4.78, 5) is 0. The van der Waals surface area contributed by atoms with Crippen LogP contribution < -0.4 is 11.1 Å². The van der Waals surface area contributed by atoms with Gasteiger partial charge in [0.1, 0.15) is 17.5 Å². The van der Waals surface area contributed by atoms with E-state index in [1.165, 1.54) is 12.1 Å². The molecular weight excluding hydrogens is 264 g/mol. The Kier molecular flexibility index (Phi) is 5.88. The zero-order chi connectivity index (χ0) is 15.2. The lowest BCUT2D eigenvalue weighted by atomic mass is 9.88. The van der Waals surface area contributed by atoms with Crippen molar-refractivity contribution in [3.05, 3.63) is 35.4 Å². The van der Waals surface area contributed by atoms with Crippen LogP contribution in [0, 0.1) is 17.0 Å². The summed E-state index contributed by atoms with van der Waals surface area (Å²) in [5.74, 6) is -0.937. The third-order valence-electron chi connectivity index (χ3n) is 3.24. The summed E-state index contributed by atoms with van der Waals surface area (Å²) in [5, 5.41) is 14.8. The Morgan fingerprint density at radius 3 is 2.40 bits per heavy atom. The molecule has 0 amide bonds. The summed E-state index contributed by atoms with van der Waals surface area (Å²) in [5.41, 5.74) is 5.80. The van der Waals surface area contributed by atoms with Crippen LogP contribution >= 0.6 is 0 Å². The molecule has 0 aliphatic heterocycles. The highest BCUT2D eigenvalue weighted by Crippen LogP contribution is 2.19. The average Bonchev–Trinajstić information content (AvgIpc) is 2.36. The van der Waals surface area contributed by atoms with Crippen molar-refractivity contribution in [2.75, 3.05) is 13.1 Å². The Morgan fingerprint density at radius 2 is 1.85 bits per heavy atom. The molecule has 0 spiro atoms. The minimum atomic E-state index is -0.562. The number of benzene rings is 1. The lowest BCUT2D eigenvalue weighted by Gasteiger charge is -2.22. The molecule has 0 aliphatic carbocycles. The van der Waals surface area contributed by atoms with Gasteiger partial charge in [0.15, 0.2) is 0 Å². The van der Waals surface area contributed by atoms with Crippen LogP contribution in [0.5, 0.6) is 0 Å². The van der Waals surface area contributed by atoms with Gasteiger partial charge >= 0.3 is 0 Å². The lowest BCUT2D eigenvalue weighted by molar-refractivity contribution is 0.305. The molecule has 0 fully saturated rings. The number of halogens is 2. The number of hydrogen-bond donors (Lipinski definition) is 3. The molecule has 0 unspecified atom stereocenters. The maximum absolute atomic E-state index is 13.0. The topological polar surface area (TPSA) is 70.6 Å². The Balaban J connectivity index is 2.32. The first-order chi connectivity index (χ1) is 9.35. The van der Waals surface area contributed by atoms with Crippen LogP contribution in [0.4, 0.5) is 8.78 Å². The van der Waals surface area contributed by atoms with Crippen LogP contribution in [0.1, 0.15) is 25.8 Å². The van der Waals surface area contributed by atoms with E-state index in [4.69, 9.17) is 10.9 Å². The highest BCUT2D eigenvalue weighted by Gasteiger charge is 2.22. The molecule has 0 aromatic heterocycles. The molecule has 1 rings (SSSR count). The Hall–Kier alpha value is -1.69. The largest absolute Gasteiger partial charge is 0.409 e. The molecule has 0 saturated heterocycles.